The summed E-state index contributed by atoms with van der Waals surface area (Å²) in [6, 6.07) is 12.9. The van der Waals surface area contributed by atoms with Gasteiger partial charge in [-0.15, -0.1) is 0 Å². The number of hydrogen-bond acceptors (Lipinski definition) is 4. The van der Waals surface area contributed by atoms with Gasteiger partial charge in [0.1, 0.15) is 5.75 Å². The molecule has 0 aliphatic carbocycles. The molecule has 1 amide bonds. The van der Waals surface area contributed by atoms with Crippen LogP contribution in [-0.4, -0.2) is 50.1 Å². The van der Waals surface area contributed by atoms with E-state index < -0.39 is 0 Å². The van der Waals surface area contributed by atoms with Gasteiger partial charge in [0.15, 0.2) is 0 Å². The molecule has 2 aromatic rings. The van der Waals surface area contributed by atoms with Crippen molar-refractivity contribution in [3.8, 4) is 5.75 Å². The van der Waals surface area contributed by atoms with Gasteiger partial charge in [0.05, 0.1) is 23.0 Å². The minimum atomic E-state index is -0.155. The molecule has 1 aliphatic heterocycles. The number of piperazine rings is 1. The van der Waals surface area contributed by atoms with Crippen molar-refractivity contribution in [1.29, 1.82) is 0 Å². The Kier molecular flexibility index (Phi) is 7.18. The molecule has 1 heterocycles. The molecule has 28 heavy (non-hydrogen) atoms. The molecule has 5 nitrogen and oxygen atoms in total. The number of rotatable bonds is 7. The smallest absolute Gasteiger partial charge is 0.255 e. The number of ether oxygens (including phenoxy) is 1. The molecule has 0 bridgehead atoms. The van der Waals surface area contributed by atoms with Crippen molar-refractivity contribution >= 4 is 28.9 Å². The van der Waals surface area contributed by atoms with Gasteiger partial charge in [0.2, 0.25) is 0 Å². The molecule has 0 radical (unpaired) electrons. The monoisotopic (exact) mass is 401 g/mol. The number of halogens is 1. The fourth-order valence-electron chi connectivity index (χ4n) is 3.34. The normalized spacial score (nSPS) is 14.8. The lowest BCUT2D eigenvalue weighted by Crippen LogP contribution is -2.46. The quantitative estimate of drug-likeness (QED) is 0.740. The first-order valence-corrected chi connectivity index (χ1v) is 10.3. The standard InChI is InChI=1S/C22H28ClN3O2/c1-3-16-28-18-10-8-17(9-11-18)22(27)24-20-7-5-6-19(23)21(20)26-14-12-25(4-2)13-15-26/h5-11H,3-4,12-16H2,1-2H3,(H,24,27). The third-order valence-electron chi connectivity index (χ3n) is 4.96. The third kappa shape index (κ3) is 4.97. The Labute approximate surface area is 172 Å². The van der Waals surface area contributed by atoms with E-state index in [2.05, 4.69) is 29.0 Å². The Balaban J connectivity index is 1.73. The third-order valence-corrected chi connectivity index (χ3v) is 5.27. The summed E-state index contributed by atoms with van der Waals surface area (Å²) in [6.45, 7) is 9.74. The number of nitrogens with zero attached hydrogens (tertiary/aromatic N) is 2. The number of anilines is 2. The van der Waals surface area contributed by atoms with Gasteiger partial charge in [0.25, 0.3) is 5.91 Å². The van der Waals surface area contributed by atoms with Crippen LogP contribution in [0.5, 0.6) is 5.75 Å². The largest absolute Gasteiger partial charge is 0.494 e. The molecular weight excluding hydrogens is 374 g/mol. The van der Waals surface area contributed by atoms with Crippen molar-refractivity contribution < 1.29 is 9.53 Å². The fourth-order valence-corrected chi connectivity index (χ4v) is 3.64. The van der Waals surface area contributed by atoms with Crippen molar-refractivity contribution in [2.45, 2.75) is 20.3 Å². The van der Waals surface area contributed by atoms with Crippen LogP contribution in [0.2, 0.25) is 5.02 Å². The number of carbonyl (C=O) groups is 1. The van der Waals surface area contributed by atoms with Crippen molar-refractivity contribution in [1.82, 2.24) is 4.90 Å². The second-order valence-electron chi connectivity index (χ2n) is 6.88. The number of nitrogens with one attached hydrogen (secondary N) is 1. The predicted molar refractivity (Wildman–Crippen MR) is 116 cm³/mol. The van der Waals surface area contributed by atoms with Crippen LogP contribution in [0.3, 0.4) is 0 Å². The van der Waals surface area contributed by atoms with Crippen molar-refractivity contribution in [3.63, 3.8) is 0 Å². The Hall–Kier alpha value is -2.24. The molecule has 0 atom stereocenters. The first kappa shape index (κ1) is 20.5. The number of benzene rings is 2. The molecule has 1 saturated heterocycles. The van der Waals surface area contributed by atoms with Gasteiger partial charge in [-0.1, -0.05) is 31.5 Å². The van der Waals surface area contributed by atoms with Crippen LogP contribution in [0.4, 0.5) is 11.4 Å². The Bertz CT molecular complexity index is 787. The van der Waals surface area contributed by atoms with Gasteiger partial charge in [-0.25, -0.2) is 0 Å². The van der Waals surface area contributed by atoms with Crippen LogP contribution < -0.4 is 15.0 Å². The summed E-state index contributed by atoms with van der Waals surface area (Å²) < 4.78 is 5.58. The summed E-state index contributed by atoms with van der Waals surface area (Å²) in [5.74, 6) is 0.619. The fraction of sp³-hybridized carbons (Fsp3) is 0.409. The van der Waals surface area contributed by atoms with E-state index >= 15 is 0 Å². The van der Waals surface area contributed by atoms with Crippen LogP contribution in [0.15, 0.2) is 42.5 Å². The number of para-hydroxylation sites is 1. The van der Waals surface area contributed by atoms with E-state index in [1.807, 2.05) is 30.3 Å². The lowest BCUT2D eigenvalue weighted by Gasteiger charge is -2.36. The Morgan fingerprint density at radius 1 is 1.07 bits per heavy atom. The zero-order valence-electron chi connectivity index (χ0n) is 16.6. The lowest BCUT2D eigenvalue weighted by molar-refractivity contribution is 0.102. The van der Waals surface area contributed by atoms with Crippen LogP contribution >= 0.6 is 11.6 Å². The zero-order chi connectivity index (χ0) is 19.9. The number of likely N-dealkylation sites (N-methyl/N-ethyl adjacent to an activating group) is 1. The summed E-state index contributed by atoms with van der Waals surface area (Å²) in [5.41, 5.74) is 2.23. The molecule has 3 rings (SSSR count). The van der Waals surface area contributed by atoms with E-state index in [4.69, 9.17) is 16.3 Å². The van der Waals surface area contributed by atoms with Crippen LogP contribution in [0.25, 0.3) is 0 Å². The number of carbonyl (C=O) groups excluding carboxylic acids is 1. The van der Waals surface area contributed by atoms with Gasteiger partial charge < -0.3 is 19.9 Å². The van der Waals surface area contributed by atoms with Crippen molar-refractivity contribution in [3.05, 3.63) is 53.1 Å². The molecule has 2 aromatic carbocycles. The SMILES string of the molecule is CCCOc1ccc(C(=O)Nc2cccc(Cl)c2N2CCN(CC)CC2)cc1. The molecule has 0 unspecified atom stereocenters. The summed E-state index contributed by atoms with van der Waals surface area (Å²) >= 11 is 6.51. The molecule has 1 N–H and O–H groups in total. The number of hydrogen-bond donors (Lipinski definition) is 1. The average molecular weight is 402 g/mol. The van der Waals surface area contributed by atoms with E-state index in [1.165, 1.54) is 0 Å². The highest BCUT2D eigenvalue weighted by molar-refractivity contribution is 6.34. The maximum atomic E-state index is 12.8. The highest BCUT2D eigenvalue weighted by Crippen LogP contribution is 2.35. The maximum Gasteiger partial charge on any atom is 0.255 e. The molecule has 0 aromatic heterocycles. The van der Waals surface area contributed by atoms with Gasteiger partial charge >= 0.3 is 0 Å². The first-order valence-electron chi connectivity index (χ1n) is 9.92. The van der Waals surface area contributed by atoms with E-state index in [-0.39, 0.29) is 5.91 Å². The molecule has 0 saturated carbocycles. The minimum Gasteiger partial charge on any atom is -0.494 e. The van der Waals surface area contributed by atoms with Gasteiger partial charge in [-0.2, -0.15) is 0 Å². The molecule has 1 aliphatic rings. The highest BCUT2D eigenvalue weighted by Gasteiger charge is 2.21. The first-order chi connectivity index (χ1) is 13.6. The lowest BCUT2D eigenvalue weighted by atomic mass is 10.1. The molecule has 6 heteroatoms. The average Bonchev–Trinajstić information content (AvgIpc) is 2.73. The highest BCUT2D eigenvalue weighted by atomic mass is 35.5. The second-order valence-corrected chi connectivity index (χ2v) is 7.29. The molecule has 0 spiro atoms. The Morgan fingerprint density at radius 3 is 2.43 bits per heavy atom. The Morgan fingerprint density at radius 2 is 1.79 bits per heavy atom. The summed E-state index contributed by atoms with van der Waals surface area (Å²) in [5, 5.41) is 3.69. The summed E-state index contributed by atoms with van der Waals surface area (Å²) in [4.78, 5) is 17.4. The van der Waals surface area contributed by atoms with Crippen LogP contribution in [0, 0.1) is 0 Å². The van der Waals surface area contributed by atoms with Gasteiger partial charge in [-0.3, -0.25) is 4.79 Å². The topological polar surface area (TPSA) is 44.8 Å². The number of amides is 1. The van der Waals surface area contributed by atoms with E-state index in [9.17, 15) is 4.79 Å². The van der Waals surface area contributed by atoms with Gasteiger partial charge in [0, 0.05) is 31.7 Å². The van der Waals surface area contributed by atoms with E-state index in [0.717, 1.165) is 56.3 Å². The van der Waals surface area contributed by atoms with Crippen molar-refractivity contribution in [2.24, 2.45) is 0 Å². The zero-order valence-corrected chi connectivity index (χ0v) is 17.3. The molecule has 1 fully saturated rings. The van der Waals surface area contributed by atoms with E-state index in [1.54, 1.807) is 12.1 Å². The van der Waals surface area contributed by atoms with E-state index in [0.29, 0.717) is 17.2 Å². The maximum absolute atomic E-state index is 12.8. The molecular formula is C22H28ClN3O2. The predicted octanol–water partition coefficient (Wildman–Crippen LogP) is 4.52. The van der Waals surface area contributed by atoms with Gasteiger partial charge in [-0.05, 0) is 49.4 Å². The molecule has 150 valence electrons. The minimum absolute atomic E-state index is 0.155. The van der Waals surface area contributed by atoms with Crippen molar-refractivity contribution in [2.75, 3.05) is 49.5 Å². The summed E-state index contributed by atoms with van der Waals surface area (Å²) in [7, 11) is 0. The summed E-state index contributed by atoms with van der Waals surface area (Å²) in [6.07, 6.45) is 0.951. The van der Waals surface area contributed by atoms with Crippen LogP contribution in [0.1, 0.15) is 30.6 Å². The second kappa shape index (κ2) is 9.80. The van der Waals surface area contributed by atoms with Crippen LogP contribution in [-0.2, 0) is 0 Å².